The van der Waals surface area contributed by atoms with Crippen molar-refractivity contribution in [3.05, 3.63) is 79.7 Å². The predicted octanol–water partition coefficient (Wildman–Crippen LogP) is 3.33. The molecule has 0 unspecified atom stereocenters. The number of carbonyl (C=O) groups excluding carboxylic acids is 1. The number of benzene rings is 1. The maximum atomic E-state index is 12.7. The van der Waals surface area contributed by atoms with Crippen molar-refractivity contribution < 1.29 is 14.2 Å². The lowest BCUT2D eigenvalue weighted by atomic mass is 10.2. The zero-order valence-electron chi connectivity index (χ0n) is 16.4. The molecular formula is C18H14Cl2N8O4. The second kappa shape index (κ2) is 8.77. The van der Waals surface area contributed by atoms with E-state index in [1.54, 1.807) is 25.1 Å². The van der Waals surface area contributed by atoms with Crippen molar-refractivity contribution in [1.82, 2.24) is 29.7 Å². The van der Waals surface area contributed by atoms with Crippen molar-refractivity contribution in [2.24, 2.45) is 0 Å². The van der Waals surface area contributed by atoms with Gasteiger partial charge in [-0.25, -0.2) is 9.67 Å². The van der Waals surface area contributed by atoms with Crippen LogP contribution in [0.1, 0.15) is 27.4 Å². The molecule has 12 nitrogen and oxygen atoms in total. The molecule has 0 aliphatic rings. The topological polar surface area (TPSA) is 147 Å². The third-order valence-corrected chi connectivity index (χ3v) is 5.05. The third kappa shape index (κ3) is 4.60. The normalized spacial score (nSPS) is 11.0. The minimum absolute atomic E-state index is 0.00208. The molecule has 0 radical (unpaired) electrons. The fourth-order valence-corrected chi connectivity index (χ4v) is 3.33. The van der Waals surface area contributed by atoms with Gasteiger partial charge in [-0.1, -0.05) is 34.4 Å². The van der Waals surface area contributed by atoms with E-state index in [0.717, 1.165) is 11.8 Å². The van der Waals surface area contributed by atoms with Crippen LogP contribution in [-0.2, 0) is 13.1 Å². The molecule has 0 saturated heterocycles. The summed E-state index contributed by atoms with van der Waals surface area (Å²) < 4.78 is 7.95. The van der Waals surface area contributed by atoms with E-state index in [9.17, 15) is 14.9 Å². The lowest BCUT2D eigenvalue weighted by molar-refractivity contribution is -0.385. The summed E-state index contributed by atoms with van der Waals surface area (Å²) in [6.45, 7) is 2.01. The lowest BCUT2D eigenvalue weighted by Gasteiger charge is -2.04. The van der Waals surface area contributed by atoms with Gasteiger partial charge in [0.25, 0.3) is 5.91 Å². The first-order valence-corrected chi connectivity index (χ1v) is 9.82. The number of anilines is 1. The second-order valence-electron chi connectivity index (χ2n) is 6.67. The molecule has 0 aliphatic heterocycles. The monoisotopic (exact) mass is 476 g/mol. The number of carbonyl (C=O) groups is 1. The average Bonchev–Trinajstić information content (AvgIpc) is 3.46. The van der Waals surface area contributed by atoms with Gasteiger partial charge in [0.15, 0.2) is 5.69 Å². The van der Waals surface area contributed by atoms with Crippen molar-refractivity contribution >= 4 is 40.7 Å². The quantitative estimate of drug-likeness (QED) is 0.315. The van der Waals surface area contributed by atoms with Gasteiger partial charge in [-0.2, -0.15) is 5.10 Å². The fraction of sp³-hybridized carbons (Fsp3) is 0.167. The fourth-order valence-electron chi connectivity index (χ4n) is 2.86. The highest BCUT2D eigenvalue weighted by atomic mass is 35.5. The Morgan fingerprint density at radius 1 is 1.28 bits per heavy atom. The number of rotatable bonds is 7. The van der Waals surface area contributed by atoms with Crippen LogP contribution in [0.2, 0.25) is 10.0 Å². The molecule has 1 aromatic carbocycles. The number of aryl methyl sites for hydroxylation is 1. The van der Waals surface area contributed by atoms with Gasteiger partial charge in [-0.15, -0.1) is 5.10 Å². The molecule has 164 valence electrons. The van der Waals surface area contributed by atoms with Gasteiger partial charge < -0.3 is 4.52 Å². The van der Waals surface area contributed by atoms with E-state index in [1.807, 2.05) is 0 Å². The van der Waals surface area contributed by atoms with Gasteiger partial charge in [0, 0.05) is 15.6 Å². The maximum absolute atomic E-state index is 12.7. The van der Waals surface area contributed by atoms with Crippen molar-refractivity contribution in [1.29, 1.82) is 0 Å². The molecule has 4 rings (SSSR count). The first-order valence-electron chi connectivity index (χ1n) is 9.07. The van der Waals surface area contributed by atoms with Crippen LogP contribution in [0.3, 0.4) is 0 Å². The van der Waals surface area contributed by atoms with Crippen LogP contribution in [0.4, 0.5) is 11.6 Å². The summed E-state index contributed by atoms with van der Waals surface area (Å²) in [5.74, 6) is -0.161. The highest BCUT2D eigenvalue weighted by Gasteiger charge is 2.22. The number of hydrogen-bond donors (Lipinski definition) is 1. The molecule has 3 aromatic heterocycles. The Bertz CT molecular complexity index is 1310. The van der Waals surface area contributed by atoms with Crippen LogP contribution in [0.5, 0.6) is 0 Å². The van der Waals surface area contributed by atoms with E-state index in [2.05, 4.69) is 25.7 Å². The molecule has 14 heteroatoms. The standard InChI is InChI=1S/C18H14Cl2N8O4/c1-10-14(8-26-7-13(5-22-26)28(30)31)16(25-32-10)17(29)23-18-21-9-27(24-18)6-11-2-3-12(19)4-15(11)20/h2-5,7,9H,6,8H2,1H3,(H,23,24,29). The highest BCUT2D eigenvalue weighted by molar-refractivity contribution is 6.35. The van der Waals surface area contributed by atoms with Gasteiger partial charge in [-0.3, -0.25) is 24.9 Å². The summed E-state index contributed by atoms with van der Waals surface area (Å²) in [6.07, 6.45) is 3.81. The molecule has 32 heavy (non-hydrogen) atoms. The lowest BCUT2D eigenvalue weighted by Crippen LogP contribution is -2.17. The minimum atomic E-state index is -0.596. The second-order valence-corrected chi connectivity index (χ2v) is 7.52. The Hall–Kier alpha value is -3.77. The van der Waals surface area contributed by atoms with E-state index in [4.69, 9.17) is 27.7 Å². The van der Waals surface area contributed by atoms with Crippen molar-refractivity contribution in [2.45, 2.75) is 20.0 Å². The number of nitrogens with one attached hydrogen (secondary N) is 1. The van der Waals surface area contributed by atoms with E-state index < -0.39 is 10.8 Å². The van der Waals surface area contributed by atoms with E-state index in [-0.39, 0.29) is 23.9 Å². The molecule has 0 bridgehead atoms. The molecule has 3 heterocycles. The number of nitrogens with zero attached hydrogens (tertiary/aromatic N) is 7. The highest BCUT2D eigenvalue weighted by Crippen LogP contribution is 2.22. The minimum Gasteiger partial charge on any atom is -0.361 e. The molecule has 0 spiro atoms. The Balaban J connectivity index is 1.47. The van der Waals surface area contributed by atoms with Gasteiger partial charge in [0.1, 0.15) is 24.5 Å². The van der Waals surface area contributed by atoms with Crippen molar-refractivity contribution in [3.8, 4) is 0 Å². The number of amides is 1. The molecule has 0 fully saturated rings. The largest absolute Gasteiger partial charge is 0.361 e. The van der Waals surface area contributed by atoms with Crippen LogP contribution in [0.25, 0.3) is 0 Å². The van der Waals surface area contributed by atoms with Gasteiger partial charge in [0.05, 0.1) is 18.0 Å². The Morgan fingerprint density at radius 2 is 2.09 bits per heavy atom. The molecule has 1 amide bonds. The number of nitro groups is 1. The average molecular weight is 477 g/mol. The number of aromatic nitrogens is 6. The predicted molar refractivity (Wildman–Crippen MR) is 113 cm³/mol. The van der Waals surface area contributed by atoms with E-state index in [0.29, 0.717) is 27.9 Å². The summed E-state index contributed by atoms with van der Waals surface area (Å²) in [6, 6.07) is 5.11. The summed E-state index contributed by atoms with van der Waals surface area (Å²) >= 11 is 12.1. The molecule has 0 aliphatic carbocycles. The maximum Gasteiger partial charge on any atom is 0.307 e. The van der Waals surface area contributed by atoms with Crippen LogP contribution in [0.15, 0.2) is 41.4 Å². The van der Waals surface area contributed by atoms with Gasteiger partial charge in [-0.05, 0) is 24.6 Å². The van der Waals surface area contributed by atoms with Crippen molar-refractivity contribution in [2.75, 3.05) is 5.32 Å². The zero-order chi connectivity index (χ0) is 22.8. The zero-order valence-corrected chi connectivity index (χ0v) is 17.9. The Labute approximate surface area is 189 Å². The van der Waals surface area contributed by atoms with Crippen LogP contribution in [-0.4, -0.2) is 40.5 Å². The molecule has 0 atom stereocenters. The molecule has 1 N–H and O–H groups in total. The number of halogens is 2. The number of hydrogen-bond acceptors (Lipinski definition) is 8. The summed E-state index contributed by atoms with van der Waals surface area (Å²) in [4.78, 5) is 27.1. The van der Waals surface area contributed by atoms with Crippen LogP contribution in [0, 0.1) is 17.0 Å². The van der Waals surface area contributed by atoms with E-state index >= 15 is 0 Å². The van der Waals surface area contributed by atoms with Gasteiger partial charge >= 0.3 is 5.69 Å². The van der Waals surface area contributed by atoms with Crippen molar-refractivity contribution in [3.63, 3.8) is 0 Å². The van der Waals surface area contributed by atoms with Gasteiger partial charge in [0.2, 0.25) is 5.95 Å². The first-order chi connectivity index (χ1) is 15.3. The summed E-state index contributed by atoms with van der Waals surface area (Å²) in [5.41, 5.74) is 1.04. The summed E-state index contributed by atoms with van der Waals surface area (Å²) in [5, 5.41) is 26.3. The Kier molecular flexibility index (Phi) is 5.88. The molecule has 0 saturated carbocycles. The van der Waals surface area contributed by atoms with Crippen LogP contribution >= 0.6 is 23.2 Å². The third-order valence-electron chi connectivity index (χ3n) is 4.46. The molecular weight excluding hydrogens is 463 g/mol. The van der Waals surface area contributed by atoms with E-state index in [1.165, 1.54) is 21.9 Å². The Morgan fingerprint density at radius 3 is 2.81 bits per heavy atom. The SMILES string of the molecule is Cc1onc(C(=O)Nc2ncn(Cc3ccc(Cl)cc3Cl)n2)c1Cn1cc([N+](=O)[O-])cn1. The first kappa shape index (κ1) is 21.5. The van der Waals surface area contributed by atoms with Crippen LogP contribution < -0.4 is 5.32 Å². The molecule has 4 aromatic rings. The summed E-state index contributed by atoms with van der Waals surface area (Å²) in [7, 11) is 0. The smallest absolute Gasteiger partial charge is 0.307 e.